The van der Waals surface area contributed by atoms with Gasteiger partial charge in [-0.2, -0.15) is 0 Å². The highest BCUT2D eigenvalue weighted by Gasteiger charge is 2.36. The van der Waals surface area contributed by atoms with Crippen molar-refractivity contribution in [2.45, 2.75) is 24.9 Å². The molecule has 1 saturated heterocycles. The van der Waals surface area contributed by atoms with Gasteiger partial charge in [-0.25, -0.2) is 4.79 Å². The Hall–Kier alpha value is -2.77. The molecule has 9 heteroatoms. The molecular formula is C21H21Cl2N3O4. The number of nitrogens with one attached hydrogen (secondary N) is 1. The van der Waals surface area contributed by atoms with Crippen LogP contribution in [0.4, 0.5) is 4.79 Å². The number of benzene rings is 1. The molecule has 0 radical (unpaired) electrons. The normalized spacial score (nSPS) is 16.7. The van der Waals surface area contributed by atoms with Gasteiger partial charge in [0.25, 0.3) is 0 Å². The third-order valence-electron chi connectivity index (χ3n) is 4.87. The lowest BCUT2D eigenvalue weighted by molar-refractivity contribution is -0.125. The van der Waals surface area contributed by atoms with Crippen molar-refractivity contribution in [3.8, 4) is 5.75 Å². The molecule has 2 heterocycles. The number of carbonyl (C=O) groups is 2. The maximum Gasteiger partial charge on any atom is 0.407 e. The molecule has 1 fully saturated rings. The maximum absolute atomic E-state index is 13.1. The largest absolute Gasteiger partial charge is 0.489 e. The van der Waals surface area contributed by atoms with Crippen molar-refractivity contribution in [2.75, 3.05) is 13.2 Å². The minimum absolute atomic E-state index is 0.234. The van der Waals surface area contributed by atoms with Crippen LogP contribution in [0.3, 0.4) is 0 Å². The first-order valence-corrected chi connectivity index (χ1v) is 10.1. The minimum atomic E-state index is -1.12. The summed E-state index contributed by atoms with van der Waals surface area (Å²) in [6.07, 6.45) is 4.73. The van der Waals surface area contributed by atoms with E-state index in [1.807, 2.05) is 0 Å². The molecule has 1 aromatic heterocycles. The Kier molecular flexibility index (Phi) is 7.18. The topological polar surface area (TPSA) is 91.8 Å². The Balaban J connectivity index is 2.03. The van der Waals surface area contributed by atoms with Crippen LogP contribution in [0.25, 0.3) is 0 Å². The first-order chi connectivity index (χ1) is 14.4. The van der Waals surface area contributed by atoms with Gasteiger partial charge in [0.15, 0.2) is 0 Å². The van der Waals surface area contributed by atoms with Gasteiger partial charge >= 0.3 is 6.09 Å². The predicted octanol–water partition coefficient (Wildman–Crippen LogP) is 4.30. The monoisotopic (exact) mass is 449 g/mol. The van der Waals surface area contributed by atoms with Crippen molar-refractivity contribution in [1.82, 2.24) is 15.2 Å². The van der Waals surface area contributed by atoms with Crippen LogP contribution in [0.1, 0.15) is 30.0 Å². The van der Waals surface area contributed by atoms with E-state index in [1.165, 1.54) is 0 Å². The number of ether oxygens (including phenoxy) is 1. The highest BCUT2D eigenvalue weighted by atomic mass is 35.5. The van der Waals surface area contributed by atoms with E-state index in [0.29, 0.717) is 41.3 Å². The van der Waals surface area contributed by atoms with Gasteiger partial charge in [0.2, 0.25) is 5.91 Å². The number of likely N-dealkylation sites (tertiary alicyclic amines) is 1. The number of carboxylic acid groups (broad SMARTS) is 1. The summed E-state index contributed by atoms with van der Waals surface area (Å²) >= 11 is 12.8. The number of carbonyl (C=O) groups excluding carboxylic acids is 1. The van der Waals surface area contributed by atoms with E-state index in [4.69, 9.17) is 27.9 Å². The number of hydrogen-bond donors (Lipinski definition) is 2. The average Bonchev–Trinajstić information content (AvgIpc) is 3.24. The lowest BCUT2D eigenvalue weighted by Gasteiger charge is -2.27. The Labute approximate surface area is 184 Å². The van der Waals surface area contributed by atoms with E-state index >= 15 is 0 Å². The van der Waals surface area contributed by atoms with Crippen molar-refractivity contribution < 1.29 is 19.4 Å². The van der Waals surface area contributed by atoms with Crippen LogP contribution in [0.5, 0.6) is 5.75 Å². The Morgan fingerprint density at radius 2 is 2.07 bits per heavy atom. The molecule has 0 aliphatic carbocycles. The molecule has 1 aliphatic heterocycles. The van der Waals surface area contributed by atoms with Crippen molar-refractivity contribution in [3.63, 3.8) is 0 Å². The van der Waals surface area contributed by atoms with Gasteiger partial charge in [0.1, 0.15) is 18.4 Å². The number of halogens is 2. The Morgan fingerprint density at radius 3 is 2.73 bits per heavy atom. The third-order valence-corrected chi connectivity index (χ3v) is 5.68. The number of rotatable bonds is 7. The van der Waals surface area contributed by atoms with Crippen LogP contribution in [-0.4, -0.2) is 46.2 Å². The van der Waals surface area contributed by atoms with Crippen LogP contribution < -0.4 is 10.1 Å². The summed E-state index contributed by atoms with van der Waals surface area (Å²) in [5, 5.41) is 12.9. The molecule has 2 amide bonds. The quantitative estimate of drug-likeness (QED) is 0.614. The second kappa shape index (κ2) is 9.82. The van der Waals surface area contributed by atoms with E-state index < -0.39 is 24.1 Å². The van der Waals surface area contributed by atoms with E-state index in [0.717, 1.165) is 4.90 Å². The molecule has 1 aromatic carbocycles. The molecule has 2 aromatic rings. The Morgan fingerprint density at radius 1 is 1.33 bits per heavy atom. The average molecular weight is 450 g/mol. The van der Waals surface area contributed by atoms with Crippen LogP contribution in [0.2, 0.25) is 10.0 Å². The smallest absolute Gasteiger partial charge is 0.407 e. The van der Waals surface area contributed by atoms with E-state index in [9.17, 15) is 14.7 Å². The fraction of sp³-hybridized carbons (Fsp3) is 0.286. The van der Waals surface area contributed by atoms with Gasteiger partial charge in [-0.05, 0) is 42.7 Å². The molecule has 0 bridgehead atoms. The summed E-state index contributed by atoms with van der Waals surface area (Å²) in [5.41, 5.74) is 1.18. The summed E-state index contributed by atoms with van der Waals surface area (Å²) in [5.74, 6) is 0.0235. The van der Waals surface area contributed by atoms with Crippen LogP contribution in [0, 0.1) is 0 Å². The summed E-state index contributed by atoms with van der Waals surface area (Å²) < 4.78 is 5.76. The van der Waals surface area contributed by atoms with Crippen LogP contribution >= 0.6 is 23.2 Å². The molecule has 0 saturated carbocycles. The second-order valence-electron chi connectivity index (χ2n) is 6.73. The zero-order valence-electron chi connectivity index (χ0n) is 16.1. The van der Waals surface area contributed by atoms with Gasteiger partial charge in [0.05, 0.1) is 16.1 Å². The maximum atomic E-state index is 13.1. The highest BCUT2D eigenvalue weighted by molar-refractivity contribution is 6.42. The fourth-order valence-electron chi connectivity index (χ4n) is 3.48. The molecule has 1 unspecified atom stereocenters. The van der Waals surface area contributed by atoms with Gasteiger partial charge in [-0.1, -0.05) is 35.9 Å². The number of pyridine rings is 1. The van der Waals surface area contributed by atoms with Crippen molar-refractivity contribution >= 4 is 35.2 Å². The van der Waals surface area contributed by atoms with Gasteiger partial charge in [-0.15, -0.1) is 0 Å². The van der Waals surface area contributed by atoms with Crippen LogP contribution in [-0.2, 0) is 4.79 Å². The zero-order valence-corrected chi connectivity index (χ0v) is 17.6. The first-order valence-electron chi connectivity index (χ1n) is 9.35. The molecule has 2 N–H and O–H groups in total. The van der Waals surface area contributed by atoms with Crippen molar-refractivity contribution in [1.29, 1.82) is 0 Å². The lowest BCUT2D eigenvalue weighted by atomic mass is 9.97. The number of hydrogen-bond acceptors (Lipinski definition) is 4. The van der Waals surface area contributed by atoms with E-state index in [-0.39, 0.29) is 11.6 Å². The molecule has 2 atom stereocenters. The SMILES string of the molecule is C=CCOc1ccc(Cl)c(Cl)c1C(NC(=O)[C@H]1CCCN1C(=O)O)c1ccncc1. The summed E-state index contributed by atoms with van der Waals surface area (Å²) in [6.45, 7) is 4.20. The molecule has 1 aliphatic rings. The molecular weight excluding hydrogens is 429 g/mol. The summed E-state index contributed by atoms with van der Waals surface area (Å²) in [6, 6.07) is 5.27. The second-order valence-corrected chi connectivity index (χ2v) is 7.51. The molecule has 0 spiro atoms. The number of aromatic nitrogens is 1. The third kappa shape index (κ3) is 4.68. The zero-order chi connectivity index (χ0) is 21.7. The highest BCUT2D eigenvalue weighted by Crippen LogP contribution is 2.40. The molecule has 30 heavy (non-hydrogen) atoms. The van der Waals surface area contributed by atoms with E-state index in [2.05, 4.69) is 16.9 Å². The number of amides is 2. The van der Waals surface area contributed by atoms with Crippen molar-refractivity contribution in [3.05, 3.63) is 70.5 Å². The van der Waals surface area contributed by atoms with Crippen LogP contribution in [0.15, 0.2) is 49.3 Å². The van der Waals surface area contributed by atoms with Gasteiger partial charge in [-0.3, -0.25) is 14.7 Å². The predicted molar refractivity (Wildman–Crippen MR) is 114 cm³/mol. The fourth-order valence-corrected chi connectivity index (χ4v) is 3.91. The van der Waals surface area contributed by atoms with Crippen molar-refractivity contribution in [2.24, 2.45) is 0 Å². The Bertz CT molecular complexity index is 939. The minimum Gasteiger partial charge on any atom is -0.489 e. The molecule has 3 rings (SSSR count). The number of nitrogens with zero attached hydrogens (tertiary/aromatic N) is 2. The van der Waals surface area contributed by atoms with Gasteiger partial charge < -0.3 is 15.2 Å². The lowest BCUT2D eigenvalue weighted by Crippen LogP contribution is -2.46. The van der Waals surface area contributed by atoms with E-state index in [1.54, 1.807) is 42.7 Å². The molecule has 7 nitrogen and oxygen atoms in total. The molecule has 158 valence electrons. The first kappa shape index (κ1) is 21.9. The summed E-state index contributed by atoms with van der Waals surface area (Å²) in [7, 11) is 0. The van der Waals surface area contributed by atoms with Gasteiger partial charge in [0, 0.05) is 24.5 Å². The summed E-state index contributed by atoms with van der Waals surface area (Å²) in [4.78, 5) is 29.7. The standard InChI is InChI=1S/C21H21Cl2N3O4/c1-2-12-30-16-6-5-14(22)18(23)17(16)19(13-7-9-24-10-8-13)25-20(27)15-4-3-11-26(15)21(28)29/h2,5-10,15,19H,1,3-4,11-12H2,(H,25,27)(H,28,29)/t15-,19?/m1/s1.